The van der Waals surface area contributed by atoms with Crippen LogP contribution in [-0.2, 0) is 20.7 Å². The lowest BCUT2D eigenvalue weighted by atomic mass is 9.81. The Labute approximate surface area is 237 Å². The van der Waals surface area contributed by atoms with Crippen LogP contribution in [0.2, 0.25) is 0 Å². The molecule has 2 aromatic carbocycles. The largest absolute Gasteiger partial charge is 0.444 e. The molecule has 0 spiro atoms. The van der Waals surface area contributed by atoms with Gasteiger partial charge in [0.15, 0.2) is 0 Å². The summed E-state index contributed by atoms with van der Waals surface area (Å²) in [6.07, 6.45) is 4.32. The molecule has 1 aliphatic rings. The molecule has 0 bridgehead atoms. The minimum atomic E-state index is -0.893. The van der Waals surface area contributed by atoms with E-state index in [1.807, 2.05) is 51.1 Å². The Morgan fingerprint density at radius 3 is 2.59 bits per heavy atom. The number of nitrogens with two attached hydrogens (primary N) is 1. The fourth-order valence-corrected chi connectivity index (χ4v) is 5.38. The Morgan fingerprint density at radius 2 is 1.90 bits per heavy atom. The van der Waals surface area contributed by atoms with E-state index in [2.05, 4.69) is 31.4 Å². The molecule has 10 heteroatoms. The lowest BCUT2D eigenvalue weighted by Crippen LogP contribution is -2.50. The molecule has 1 aliphatic carbocycles. The third-order valence-corrected chi connectivity index (χ3v) is 7.41. The van der Waals surface area contributed by atoms with Crippen molar-refractivity contribution < 1.29 is 19.1 Å². The van der Waals surface area contributed by atoms with Crippen molar-refractivity contribution in [2.45, 2.75) is 64.5 Å². The van der Waals surface area contributed by atoms with Crippen molar-refractivity contribution >= 4 is 50.4 Å². The Morgan fingerprint density at radius 1 is 1.15 bits per heavy atom. The lowest BCUT2D eigenvalue weighted by Gasteiger charge is -2.32. The first-order valence-corrected chi connectivity index (χ1v) is 14.1. The number of imide groups is 1. The van der Waals surface area contributed by atoms with E-state index in [9.17, 15) is 14.4 Å². The maximum atomic E-state index is 13.9. The van der Waals surface area contributed by atoms with Gasteiger partial charge in [-0.05, 0) is 94.7 Å². The van der Waals surface area contributed by atoms with Gasteiger partial charge in [-0.15, -0.1) is 0 Å². The number of aromatic amines is 1. The fourth-order valence-electron chi connectivity index (χ4n) is 4.94. The summed E-state index contributed by atoms with van der Waals surface area (Å²) in [5.74, 6) is -0.761. The predicted molar refractivity (Wildman–Crippen MR) is 154 cm³/mol. The molecular formula is C29H36BrN5O4. The van der Waals surface area contributed by atoms with E-state index in [-0.39, 0.29) is 17.7 Å². The van der Waals surface area contributed by atoms with Crippen LogP contribution in [0.4, 0.5) is 10.5 Å². The molecule has 0 aliphatic heterocycles. The van der Waals surface area contributed by atoms with E-state index in [4.69, 9.17) is 10.5 Å². The van der Waals surface area contributed by atoms with Gasteiger partial charge in [0, 0.05) is 22.3 Å². The number of anilines is 1. The van der Waals surface area contributed by atoms with Crippen molar-refractivity contribution in [3.8, 4) is 0 Å². The minimum absolute atomic E-state index is 0.242. The van der Waals surface area contributed by atoms with Gasteiger partial charge in [-0.2, -0.15) is 5.10 Å². The fraction of sp³-hybridized carbons (Fsp3) is 0.448. The monoisotopic (exact) mass is 597 g/mol. The summed E-state index contributed by atoms with van der Waals surface area (Å²) in [6, 6.07) is 12.1. The predicted octanol–water partition coefficient (Wildman–Crippen LogP) is 5.09. The number of nitrogens with zero attached hydrogens (tertiary/aromatic N) is 2. The van der Waals surface area contributed by atoms with Crippen molar-refractivity contribution in [1.82, 2.24) is 15.5 Å². The zero-order valence-corrected chi connectivity index (χ0v) is 24.2. The molecular weight excluding hydrogens is 562 g/mol. The van der Waals surface area contributed by atoms with Gasteiger partial charge in [-0.25, -0.2) is 9.69 Å². The smallest absolute Gasteiger partial charge is 0.407 e. The SMILES string of the molecule is CC(C)(C)OC(=O)NCC1CCC(C(=O)N(C(=O)[C@@H](N)Cc2cccc(Br)c2)c2ccc3cn[nH]c3c2)CC1. The molecule has 1 heterocycles. The maximum absolute atomic E-state index is 13.9. The van der Waals surface area contributed by atoms with Gasteiger partial charge in [0.1, 0.15) is 5.60 Å². The molecule has 0 radical (unpaired) electrons. The zero-order valence-electron chi connectivity index (χ0n) is 22.6. The second-order valence-electron chi connectivity index (χ2n) is 11.2. The number of halogens is 1. The van der Waals surface area contributed by atoms with E-state index in [1.54, 1.807) is 18.3 Å². The summed E-state index contributed by atoms with van der Waals surface area (Å²) < 4.78 is 6.22. The Bertz CT molecular complexity index is 1330. The van der Waals surface area contributed by atoms with Crippen LogP contribution in [0, 0.1) is 11.8 Å². The van der Waals surface area contributed by atoms with Gasteiger partial charge in [0.2, 0.25) is 5.91 Å². The van der Waals surface area contributed by atoms with E-state index < -0.39 is 23.6 Å². The summed E-state index contributed by atoms with van der Waals surface area (Å²) in [5.41, 5.74) is 7.95. The number of H-pyrrole nitrogens is 1. The average Bonchev–Trinajstić information content (AvgIpc) is 3.35. The summed E-state index contributed by atoms with van der Waals surface area (Å²) >= 11 is 3.46. The number of benzene rings is 2. The van der Waals surface area contributed by atoms with Gasteiger partial charge in [-0.3, -0.25) is 14.7 Å². The molecule has 9 nitrogen and oxygen atoms in total. The van der Waals surface area contributed by atoms with Crippen LogP contribution in [-0.4, -0.2) is 46.3 Å². The number of carbonyl (C=O) groups is 3. The van der Waals surface area contributed by atoms with Crippen LogP contribution in [0.25, 0.3) is 10.9 Å². The molecule has 208 valence electrons. The highest BCUT2D eigenvalue weighted by molar-refractivity contribution is 9.10. The van der Waals surface area contributed by atoms with Gasteiger partial charge in [-0.1, -0.05) is 28.1 Å². The van der Waals surface area contributed by atoms with Crippen LogP contribution in [0.3, 0.4) is 0 Å². The van der Waals surface area contributed by atoms with Crippen LogP contribution >= 0.6 is 15.9 Å². The van der Waals surface area contributed by atoms with Crippen LogP contribution < -0.4 is 16.0 Å². The summed E-state index contributed by atoms with van der Waals surface area (Å²) in [5, 5.41) is 10.7. The molecule has 1 aromatic heterocycles. The number of hydrogen-bond donors (Lipinski definition) is 3. The number of nitrogens with one attached hydrogen (secondary N) is 2. The molecule has 3 aromatic rings. The topological polar surface area (TPSA) is 130 Å². The maximum Gasteiger partial charge on any atom is 0.407 e. The second-order valence-corrected chi connectivity index (χ2v) is 12.1. The summed E-state index contributed by atoms with van der Waals surface area (Å²) in [7, 11) is 0. The number of hydrogen-bond acceptors (Lipinski definition) is 6. The second kappa shape index (κ2) is 12.3. The summed E-state index contributed by atoms with van der Waals surface area (Å²) in [6.45, 7) is 5.97. The van der Waals surface area contributed by atoms with Crippen molar-refractivity contribution in [3.63, 3.8) is 0 Å². The number of aromatic nitrogens is 2. The van der Waals surface area contributed by atoms with Crippen LogP contribution in [0.15, 0.2) is 53.1 Å². The molecule has 0 unspecified atom stereocenters. The molecule has 4 rings (SSSR count). The Hall–Kier alpha value is -3.24. The molecule has 3 amide bonds. The molecule has 1 atom stereocenters. The third kappa shape index (κ3) is 7.67. The number of ether oxygens (including phenoxy) is 1. The van der Waals surface area contributed by atoms with Gasteiger partial charge in [0.05, 0.1) is 23.4 Å². The van der Waals surface area contributed by atoms with Gasteiger partial charge < -0.3 is 15.8 Å². The number of amides is 3. The van der Waals surface area contributed by atoms with E-state index in [0.29, 0.717) is 31.5 Å². The van der Waals surface area contributed by atoms with Crippen LogP contribution in [0.1, 0.15) is 52.0 Å². The molecule has 39 heavy (non-hydrogen) atoms. The number of carbonyl (C=O) groups excluding carboxylic acids is 3. The number of rotatable bonds is 7. The minimum Gasteiger partial charge on any atom is -0.444 e. The normalized spacial score (nSPS) is 18.4. The van der Waals surface area contributed by atoms with E-state index in [0.717, 1.165) is 33.8 Å². The van der Waals surface area contributed by atoms with Gasteiger partial charge >= 0.3 is 6.09 Å². The van der Waals surface area contributed by atoms with Crippen molar-refractivity contribution in [2.24, 2.45) is 17.6 Å². The highest BCUT2D eigenvalue weighted by Crippen LogP contribution is 2.32. The Balaban J connectivity index is 1.46. The first-order valence-electron chi connectivity index (χ1n) is 13.3. The quantitative estimate of drug-likeness (QED) is 0.348. The standard InChI is InChI=1S/C29H36BrN5O4/c1-29(2,3)39-28(38)32-16-18-7-9-20(10-8-18)26(36)35(23-12-11-21-17-33-34-25(21)15-23)27(37)24(31)14-19-5-4-6-22(30)13-19/h4-6,11-13,15,17-18,20,24H,7-10,14,16,31H2,1-3H3,(H,32,38)(H,33,34)/t18?,20?,24-/m0/s1. The average molecular weight is 599 g/mol. The highest BCUT2D eigenvalue weighted by Gasteiger charge is 2.35. The first kappa shape index (κ1) is 28.8. The first-order chi connectivity index (χ1) is 18.5. The van der Waals surface area contributed by atoms with E-state index >= 15 is 0 Å². The Kier molecular flexibility index (Phi) is 9.07. The zero-order chi connectivity index (χ0) is 28.2. The summed E-state index contributed by atoms with van der Waals surface area (Å²) in [4.78, 5) is 40.9. The van der Waals surface area contributed by atoms with Crippen molar-refractivity contribution in [3.05, 3.63) is 58.7 Å². The van der Waals surface area contributed by atoms with Gasteiger partial charge in [0.25, 0.3) is 5.91 Å². The molecule has 1 saturated carbocycles. The molecule has 0 saturated heterocycles. The van der Waals surface area contributed by atoms with E-state index in [1.165, 1.54) is 4.90 Å². The molecule has 1 fully saturated rings. The van der Waals surface area contributed by atoms with Crippen LogP contribution in [0.5, 0.6) is 0 Å². The van der Waals surface area contributed by atoms with Crippen molar-refractivity contribution in [2.75, 3.05) is 11.4 Å². The lowest BCUT2D eigenvalue weighted by molar-refractivity contribution is -0.130. The number of fused-ring (bicyclic) bond motifs is 1. The highest BCUT2D eigenvalue weighted by atomic mass is 79.9. The van der Waals surface area contributed by atoms with Crippen molar-refractivity contribution in [1.29, 1.82) is 0 Å². The molecule has 4 N–H and O–H groups in total. The number of alkyl carbamates (subject to hydrolysis) is 1. The third-order valence-electron chi connectivity index (χ3n) is 6.92.